The number of nitrogens with zero attached hydrogens (tertiary/aromatic N) is 1. The van der Waals surface area contributed by atoms with Crippen molar-refractivity contribution in [2.24, 2.45) is 11.7 Å². The summed E-state index contributed by atoms with van der Waals surface area (Å²) in [5.41, 5.74) is 6.46. The average Bonchev–Trinajstić information content (AvgIpc) is 2.26. The van der Waals surface area contributed by atoms with E-state index in [0.717, 1.165) is 11.4 Å². The van der Waals surface area contributed by atoms with Crippen LogP contribution in [-0.2, 0) is 0 Å². The van der Waals surface area contributed by atoms with Gasteiger partial charge in [-0.3, -0.25) is 5.41 Å². The molecule has 0 saturated heterocycles. The van der Waals surface area contributed by atoms with E-state index in [2.05, 4.69) is 0 Å². The average molecular weight is 221 g/mol. The van der Waals surface area contributed by atoms with Crippen molar-refractivity contribution >= 4 is 11.5 Å². The van der Waals surface area contributed by atoms with Crippen LogP contribution in [0.15, 0.2) is 24.3 Å². The van der Waals surface area contributed by atoms with Gasteiger partial charge in [-0.25, -0.2) is 0 Å². The fourth-order valence-electron chi connectivity index (χ4n) is 1.16. The van der Waals surface area contributed by atoms with Crippen LogP contribution in [0.4, 0.5) is 5.69 Å². The molecular weight excluding hydrogens is 202 g/mol. The Bertz CT molecular complexity index is 363. The van der Waals surface area contributed by atoms with E-state index in [0.29, 0.717) is 6.61 Å². The molecule has 0 radical (unpaired) electrons. The lowest BCUT2D eigenvalue weighted by Gasteiger charge is -2.15. The van der Waals surface area contributed by atoms with E-state index in [-0.39, 0.29) is 11.8 Å². The molecule has 1 aromatic rings. The van der Waals surface area contributed by atoms with Crippen molar-refractivity contribution in [3.8, 4) is 5.75 Å². The molecule has 16 heavy (non-hydrogen) atoms. The molecule has 0 spiro atoms. The molecule has 1 atom stereocenters. The molecule has 0 bridgehead atoms. The van der Waals surface area contributed by atoms with Crippen molar-refractivity contribution < 1.29 is 4.74 Å². The number of rotatable bonds is 5. The molecule has 0 fully saturated rings. The van der Waals surface area contributed by atoms with Crippen LogP contribution in [0, 0.1) is 11.3 Å². The molecule has 1 unspecified atom stereocenters. The van der Waals surface area contributed by atoms with Crippen molar-refractivity contribution in [1.29, 1.82) is 5.41 Å². The summed E-state index contributed by atoms with van der Waals surface area (Å²) in [7, 11) is 3.97. The van der Waals surface area contributed by atoms with Gasteiger partial charge in [0.1, 0.15) is 5.75 Å². The lowest BCUT2D eigenvalue weighted by molar-refractivity contribution is 0.292. The zero-order chi connectivity index (χ0) is 12.1. The molecule has 3 N–H and O–H groups in total. The summed E-state index contributed by atoms with van der Waals surface area (Å²) in [6, 6.07) is 7.83. The molecule has 4 heteroatoms. The molecule has 0 amide bonds. The van der Waals surface area contributed by atoms with Crippen molar-refractivity contribution in [2.45, 2.75) is 6.92 Å². The van der Waals surface area contributed by atoms with Crippen molar-refractivity contribution in [2.75, 3.05) is 25.6 Å². The van der Waals surface area contributed by atoms with Gasteiger partial charge in [0, 0.05) is 31.8 Å². The highest BCUT2D eigenvalue weighted by molar-refractivity contribution is 5.79. The zero-order valence-electron chi connectivity index (χ0n) is 10.0. The van der Waals surface area contributed by atoms with E-state index in [1.54, 1.807) is 0 Å². The van der Waals surface area contributed by atoms with E-state index in [9.17, 15) is 0 Å². The normalized spacial score (nSPS) is 11.9. The third-order valence-electron chi connectivity index (χ3n) is 2.36. The van der Waals surface area contributed by atoms with Gasteiger partial charge >= 0.3 is 0 Å². The molecule has 88 valence electrons. The van der Waals surface area contributed by atoms with Crippen LogP contribution in [0.1, 0.15) is 6.92 Å². The SMILES string of the molecule is CC(COc1cccc(N(C)C)c1)C(=N)N. The number of ether oxygens (including phenoxy) is 1. The minimum Gasteiger partial charge on any atom is -0.493 e. The summed E-state index contributed by atoms with van der Waals surface area (Å²) in [6.45, 7) is 2.31. The maximum absolute atomic E-state index is 7.27. The monoisotopic (exact) mass is 221 g/mol. The first kappa shape index (κ1) is 12.4. The molecule has 1 aromatic carbocycles. The van der Waals surface area contributed by atoms with Crippen LogP contribution in [0.25, 0.3) is 0 Å². The lowest BCUT2D eigenvalue weighted by atomic mass is 10.2. The predicted octanol–water partition coefficient (Wildman–Crippen LogP) is 1.70. The van der Waals surface area contributed by atoms with Crippen molar-refractivity contribution in [1.82, 2.24) is 0 Å². The van der Waals surface area contributed by atoms with Gasteiger partial charge in [-0.15, -0.1) is 0 Å². The summed E-state index contributed by atoms with van der Waals surface area (Å²) in [4.78, 5) is 2.02. The van der Waals surface area contributed by atoms with Crippen LogP contribution in [-0.4, -0.2) is 26.5 Å². The highest BCUT2D eigenvalue weighted by Crippen LogP contribution is 2.19. The smallest absolute Gasteiger partial charge is 0.121 e. The molecule has 0 saturated carbocycles. The Labute approximate surface area is 96.5 Å². The Morgan fingerprint density at radius 2 is 2.19 bits per heavy atom. The first-order valence-corrected chi connectivity index (χ1v) is 5.25. The van der Waals surface area contributed by atoms with E-state index in [4.69, 9.17) is 15.9 Å². The molecule has 0 aromatic heterocycles. The molecular formula is C12H19N3O. The van der Waals surface area contributed by atoms with Crippen molar-refractivity contribution in [3.05, 3.63) is 24.3 Å². The minimum absolute atomic E-state index is 0.0528. The van der Waals surface area contributed by atoms with Gasteiger partial charge in [0.15, 0.2) is 0 Å². The van der Waals surface area contributed by atoms with Crippen LogP contribution >= 0.6 is 0 Å². The molecule has 0 aliphatic heterocycles. The molecule has 1 rings (SSSR count). The standard InChI is InChI=1S/C12H19N3O/c1-9(12(13)14)8-16-11-6-4-5-10(7-11)15(2)3/h4-7,9H,8H2,1-3H3,(H3,13,14). The molecule has 0 aliphatic rings. The Balaban J connectivity index is 2.60. The Morgan fingerprint density at radius 1 is 1.50 bits per heavy atom. The quantitative estimate of drug-likeness (QED) is 0.587. The van der Waals surface area contributed by atoms with Crippen LogP contribution in [0.5, 0.6) is 5.75 Å². The molecule has 0 aliphatic carbocycles. The number of nitrogens with two attached hydrogens (primary N) is 1. The van der Waals surface area contributed by atoms with Gasteiger partial charge in [0.05, 0.1) is 12.4 Å². The Kier molecular flexibility index (Phi) is 4.17. The summed E-state index contributed by atoms with van der Waals surface area (Å²) in [5, 5.41) is 7.27. The van der Waals surface area contributed by atoms with Crippen LogP contribution in [0.3, 0.4) is 0 Å². The van der Waals surface area contributed by atoms with E-state index < -0.39 is 0 Å². The lowest BCUT2D eigenvalue weighted by Crippen LogP contribution is -2.25. The van der Waals surface area contributed by atoms with Gasteiger partial charge < -0.3 is 15.4 Å². The fraction of sp³-hybridized carbons (Fsp3) is 0.417. The maximum Gasteiger partial charge on any atom is 0.121 e. The number of hydrogen-bond acceptors (Lipinski definition) is 3. The predicted molar refractivity (Wildman–Crippen MR) is 67.3 cm³/mol. The van der Waals surface area contributed by atoms with Gasteiger partial charge in [-0.2, -0.15) is 0 Å². The molecule has 4 nitrogen and oxygen atoms in total. The second kappa shape index (κ2) is 5.39. The van der Waals surface area contributed by atoms with Crippen LogP contribution < -0.4 is 15.4 Å². The highest BCUT2D eigenvalue weighted by Gasteiger charge is 2.06. The number of anilines is 1. The van der Waals surface area contributed by atoms with Gasteiger partial charge in [0.2, 0.25) is 0 Å². The Hall–Kier alpha value is -1.71. The topological polar surface area (TPSA) is 62.3 Å². The first-order valence-electron chi connectivity index (χ1n) is 5.25. The summed E-state index contributed by atoms with van der Waals surface area (Å²) in [5.74, 6) is 0.908. The molecule has 0 heterocycles. The third kappa shape index (κ3) is 3.46. The summed E-state index contributed by atoms with van der Waals surface area (Å²) < 4.78 is 5.57. The summed E-state index contributed by atoms with van der Waals surface area (Å²) >= 11 is 0. The summed E-state index contributed by atoms with van der Waals surface area (Å²) in [6.07, 6.45) is 0. The fourth-order valence-corrected chi connectivity index (χ4v) is 1.16. The van der Waals surface area contributed by atoms with Crippen molar-refractivity contribution in [3.63, 3.8) is 0 Å². The highest BCUT2D eigenvalue weighted by atomic mass is 16.5. The first-order chi connectivity index (χ1) is 7.50. The second-order valence-electron chi connectivity index (χ2n) is 4.06. The number of hydrogen-bond donors (Lipinski definition) is 2. The number of nitrogens with one attached hydrogen (secondary N) is 1. The van der Waals surface area contributed by atoms with Gasteiger partial charge in [-0.1, -0.05) is 13.0 Å². The number of amidine groups is 1. The van der Waals surface area contributed by atoms with E-state index in [1.165, 1.54) is 0 Å². The van der Waals surface area contributed by atoms with Gasteiger partial charge in [-0.05, 0) is 12.1 Å². The second-order valence-corrected chi connectivity index (χ2v) is 4.06. The third-order valence-corrected chi connectivity index (χ3v) is 2.36. The Morgan fingerprint density at radius 3 is 2.75 bits per heavy atom. The largest absolute Gasteiger partial charge is 0.493 e. The van der Waals surface area contributed by atoms with Gasteiger partial charge in [0.25, 0.3) is 0 Å². The van der Waals surface area contributed by atoms with E-state index >= 15 is 0 Å². The van der Waals surface area contributed by atoms with E-state index in [1.807, 2.05) is 50.2 Å². The minimum atomic E-state index is -0.0528. The number of benzene rings is 1. The zero-order valence-corrected chi connectivity index (χ0v) is 10.0. The van der Waals surface area contributed by atoms with Crippen LogP contribution in [0.2, 0.25) is 0 Å². The maximum atomic E-state index is 7.27.